The SMILES string of the molecule is O=[N+]([O-])c1ccc(Sc2ccccc2C2=NCCCN2)nc1. The lowest BCUT2D eigenvalue weighted by Crippen LogP contribution is -2.30. The predicted molar refractivity (Wildman–Crippen MR) is 85.5 cm³/mol. The van der Waals surface area contributed by atoms with E-state index >= 15 is 0 Å². The normalized spacial score (nSPS) is 14.1. The fourth-order valence-corrected chi connectivity index (χ4v) is 3.01. The van der Waals surface area contributed by atoms with Crippen LogP contribution in [0.4, 0.5) is 5.69 Å². The van der Waals surface area contributed by atoms with Gasteiger partial charge in [0.05, 0.1) is 4.92 Å². The molecule has 1 N–H and O–H groups in total. The van der Waals surface area contributed by atoms with E-state index in [2.05, 4.69) is 15.3 Å². The van der Waals surface area contributed by atoms with Crippen molar-refractivity contribution in [2.75, 3.05) is 13.1 Å². The molecule has 6 nitrogen and oxygen atoms in total. The third-order valence-corrected chi connectivity index (χ3v) is 4.21. The van der Waals surface area contributed by atoms with E-state index in [1.807, 2.05) is 24.3 Å². The minimum atomic E-state index is -0.448. The van der Waals surface area contributed by atoms with Crippen molar-refractivity contribution in [3.05, 3.63) is 58.3 Å². The van der Waals surface area contributed by atoms with Gasteiger partial charge in [-0.05, 0) is 18.6 Å². The Hall–Kier alpha value is -2.41. The zero-order valence-electron chi connectivity index (χ0n) is 11.7. The molecule has 0 saturated carbocycles. The zero-order valence-corrected chi connectivity index (χ0v) is 12.5. The molecule has 0 saturated heterocycles. The predicted octanol–water partition coefficient (Wildman–Crippen LogP) is 2.88. The fourth-order valence-electron chi connectivity index (χ4n) is 2.12. The summed E-state index contributed by atoms with van der Waals surface area (Å²) in [5, 5.41) is 14.7. The van der Waals surface area contributed by atoms with Crippen molar-refractivity contribution < 1.29 is 4.92 Å². The second-order valence-corrected chi connectivity index (χ2v) is 5.78. The highest BCUT2D eigenvalue weighted by atomic mass is 32.2. The van der Waals surface area contributed by atoms with Crippen LogP contribution in [0.1, 0.15) is 12.0 Å². The smallest absolute Gasteiger partial charge is 0.287 e. The molecule has 2 heterocycles. The van der Waals surface area contributed by atoms with Crippen LogP contribution >= 0.6 is 11.8 Å². The first kappa shape index (κ1) is 14.5. The Kier molecular flexibility index (Phi) is 4.34. The Bertz CT molecular complexity index is 716. The molecule has 0 unspecified atom stereocenters. The van der Waals surface area contributed by atoms with Crippen molar-refractivity contribution in [2.45, 2.75) is 16.3 Å². The first-order valence-corrected chi connectivity index (χ1v) is 7.72. The lowest BCUT2D eigenvalue weighted by Gasteiger charge is -2.17. The number of nitro groups is 1. The molecule has 0 fully saturated rings. The van der Waals surface area contributed by atoms with Gasteiger partial charge in [0.2, 0.25) is 0 Å². The number of hydrogen-bond acceptors (Lipinski definition) is 6. The van der Waals surface area contributed by atoms with Crippen LogP contribution in [0.25, 0.3) is 0 Å². The van der Waals surface area contributed by atoms with Gasteiger partial charge >= 0.3 is 0 Å². The number of benzene rings is 1. The zero-order chi connectivity index (χ0) is 15.4. The second-order valence-electron chi connectivity index (χ2n) is 4.72. The lowest BCUT2D eigenvalue weighted by atomic mass is 10.2. The summed E-state index contributed by atoms with van der Waals surface area (Å²) in [6.07, 6.45) is 2.32. The van der Waals surface area contributed by atoms with Gasteiger partial charge in [0.25, 0.3) is 5.69 Å². The Morgan fingerprint density at radius 3 is 2.77 bits per heavy atom. The number of aliphatic imine (C=N–C) groups is 1. The van der Waals surface area contributed by atoms with Crippen molar-refractivity contribution in [3.8, 4) is 0 Å². The van der Waals surface area contributed by atoms with Crippen molar-refractivity contribution in [2.24, 2.45) is 4.99 Å². The van der Waals surface area contributed by atoms with E-state index in [1.165, 1.54) is 24.0 Å². The molecule has 7 heteroatoms. The van der Waals surface area contributed by atoms with E-state index in [0.717, 1.165) is 40.8 Å². The van der Waals surface area contributed by atoms with E-state index in [9.17, 15) is 10.1 Å². The molecule has 0 radical (unpaired) electrons. The maximum absolute atomic E-state index is 10.7. The van der Waals surface area contributed by atoms with E-state index < -0.39 is 4.92 Å². The summed E-state index contributed by atoms with van der Waals surface area (Å²) in [5.74, 6) is 0.899. The number of nitrogens with one attached hydrogen (secondary N) is 1. The van der Waals surface area contributed by atoms with Gasteiger partial charge in [-0.25, -0.2) is 4.98 Å². The fraction of sp³-hybridized carbons (Fsp3) is 0.200. The molecule has 3 rings (SSSR count). The number of hydrogen-bond donors (Lipinski definition) is 1. The molecular formula is C15H14N4O2S. The topological polar surface area (TPSA) is 80.4 Å². The molecule has 0 atom stereocenters. The van der Waals surface area contributed by atoms with Gasteiger partial charge in [-0.15, -0.1) is 0 Å². The highest BCUT2D eigenvalue weighted by molar-refractivity contribution is 7.99. The molecule has 1 aromatic heterocycles. The molecule has 2 aromatic rings. The van der Waals surface area contributed by atoms with Gasteiger partial charge in [-0.2, -0.15) is 0 Å². The molecule has 1 aliphatic heterocycles. The lowest BCUT2D eigenvalue weighted by molar-refractivity contribution is -0.385. The third-order valence-electron chi connectivity index (χ3n) is 3.19. The van der Waals surface area contributed by atoms with Gasteiger partial charge < -0.3 is 5.32 Å². The largest absolute Gasteiger partial charge is 0.370 e. The summed E-state index contributed by atoms with van der Waals surface area (Å²) in [7, 11) is 0. The van der Waals surface area contributed by atoms with Gasteiger partial charge in [-0.3, -0.25) is 15.1 Å². The summed E-state index contributed by atoms with van der Waals surface area (Å²) < 4.78 is 0. The van der Waals surface area contributed by atoms with Crippen LogP contribution in [0, 0.1) is 10.1 Å². The number of nitrogens with zero attached hydrogens (tertiary/aromatic N) is 3. The number of aromatic nitrogens is 1. The van der Waals surface area contributed by atoms with Crippen LogP contribution in [0.5, 0.6) is 0 Å². The van der Waals surface area contributed by atoms with Crippen LogP contribution in [-0.4, -0.2) is 28.8 Å². The molecule has 0 aliphatic carbocycles. The Morgan fingerprint density at radius 2 is 2.09 bits per heavy atom. The van der Waals surface area contributed by atoms with Crippen LogP contribution < -0.4 is 5.32 Å². The van der Waals surface area contributed by atoms with Crippen molar-refractivity contribution in [3.63, 3.8) is 0 Å². The van der Waals surface area contributed by atoms with Gasteiger partial charge in [0.15, 0.2) is 0 Å². The summed E-state index contributed by atoms with van der Waals surface area (Å²) in [5.41, 5.74) is 1.03. The van der Waals surface area contributed by atoms with E-state index in [4.69, 9.17) is 0 Å². The summed E-state index contributed by atoms with van der Waals surface area (Å²) in [6, 6.07) is 11.1. The average Bonchev–Trinajstić information content (AvgIpc) is 2.57. The molecular weight excluding hydrogens is 300 g/mol. The van der Waals surface area contributed by atoms with Crippen molar-refractivity contribution in [1.29, 1.82) is 0 Å². The molecule has 0 amide bonds. The van der Waals surface area contributed by atoms with E-state index in [-0.39, 0.29) is 5.69 Å². The number of rotatable bonds is 4. The molecule has 0 spiro atoms. The number of pyridine rings is 1. The van der Waals surface area contributed by atoms with Gasteiger partial charge in [0, 0.05) is 29.6 Å². The van der Waals surface area contributed by atoms with Crippen LogP contribution in [0.15, 0.2) is 57.5 Å². The van der Waals surface area contributed by atoms with Gasteiger partial charge in [-0.1, -0.05) is 30.0 Å². The molecule has 1 aromatic carbocycles. The van der Waals surface area contributed by atoms with Crippen molar-refractivity contribution >= 4 is 23.3 Å². The maximum Gasteiger partial charge on any atom is 0.287 e. The monoisotopic (exact) mass is 314 g/mol. The second kappa shape index (κ2) is 6.57. The Labute approximate surface area is 131 Å². The summed E-state index contributed by atoms with van der Waals surface area (Å²) in [4.78, 5) is 19.9. The van der Waals surface area contributed by atoms with E-state index in [0.29, 0.717) is 0 Å². The number of amidine groups is 1. The third kappa shape index (κ3) is 3.25. The van der Waals surface area contributed by atoms with Crippen molar-refractivity contribution in [1.82, 2.24) is 10.3 Å². The highest BCUT2D eigenvalue weighted by Crippen LogP contribution is 2.30. The summed E-state index contributed by atoms with van der Waals surface area (Å²) >= 11 is 1.47. The molecule has 0 bridgehead atoms. The molecule has 1 aliphatic rings. The summed E-state index contributed by atoms with van der Waals surface area (Å²) in [6.45, 7) is 1.75. The Morgan fingerprint density at radius 1 is 1.23 bits per heavy atom. The van der Waals surface area contributed by atoms with Crippen LogP contribution in [-0.2, 0) is 0 Å². The molecule has 22 heavy (non-hydrogen) atoms. The van der Waals surface area contributed by atoms with Gasteiger partial charge in [0.1, 0.15) is 17.1 Å². The van der Waals surface area contributed by atoms with Crippen LogP contribution in [0.3, 0.4) is 0 Å². The minimum absolute atomic E-state index is 0.00374. The Balaban J connectivity index is 1.86. The first-order chi connectivity index (χ1) is 10.7. The van der Waals surface area contributed by atoms with Crippen LogP contribution in [0.2, 0.25) is 0 Å². The van der Waals surface area contributed by atoms with E-state index in [1.54, 1.807) is 6.07 Å². The molecule has 112 valence electrons. The standard InChI is InChI=1S/C15H14N4O2S/c20-19(21)11-6-7-14(18-10-11)22-13-5-2-1-4-12(13)15-16-8-3-9-17-15/h1-2,4-7,10H,3,8-9H2,(H,16,17). The maximum atomic E-state index is 10.7. The average molecular weight is 314 g/mol. The minimum Gasteiger partial charge on any atom is -0.370 e. The first-order valence-electron chi connectivity index (χ1n) is 6.90. The highest BCUT2D eigenvalue weighted by Gasteiger charge is 2.13. The quantitative estimate of drug-likeness (QED) is 0.693.